The van der Waals surface area contributed by atoms with Crippen LogP contribution < -0.4 is 5.32 Å². The molecule has 1 aliphatic heterocycles. The first-order valence-corrected chi connectivity index (χ1v) is 7.40. The molecule has 96 valence electrons. The molecule has 0 spiro atoms. The molecule has 0 saturated carbocycles. The van der Waals surface area contributed by atoms with Crippen molar-refractivity contribution < 1.29 is 0 Å². The quantitative estimate of drug-likeness (QED) is 0.891. The lowest BCUT2D eigenvalue weighted by Gasteiger charge is -2.32. The lowest BCUT2D eigenvalue weighted by atomic mass is 10.1. The molecule has 0 amide bonds. The molecule has 17 heavy (non-hydrogen) atoms. The molecule has 0 aromatic carbocycles. The molecule has 0 aliphatic carbocycles. The van der Waals surface area contributed by atoms with Gasteiger partial charge in [-0.2, -0.15) is 0 Å². The Morgan fingerprint density at radius 3 is 3.06 bits per heavy atom. The second-order valence-corrected chi connectivity index (χ2v) is 6.14. The summed E-state index contributed by atoms with van der Waals surface area (Å²) in [5, 5.41) is 6.98. The van der Waals surface area contributed by atoms with E-state index in [0.29, 0.717) is 12.0 Å². The molecule has 1 unspecified atom stereocenters. The van der Waals surface area contributed by atoms with Crippen molar-refractivity contribution in [2.45, 2.75) is 38.6 Å². The van der Waals surface area contributed by atoms with Crippen molar-refractivity contribution in [3.05, 3.63) is 16.1 Å². The number of likely N-dealkylation sites (N-methyl/N-ethyl adjacent to an activating group) is 1. The van der Waals surface area contributed by atoms with Gasteiger partial charge < -0.3 is 10.2 Å². The normalized spacial score (nSPS) is 22.2. The number of nitrogens with one attached hydrogen (secondary N) is 1. The zero-order valence-electron chi connectivity index (χ0n) is 11.1. The van der Waals surface area contributed by atoms with Gasteiger partial charge in [-0.1, -0.05) is 13.8 Å². The molecule has 1 aromatic rings. The SMILES string of the molecule is CC(C)c1csc(CCC2CNCCN2C)n1. The second-order valence-electron chi connectivity index (χ2n) is 5.20. The molecule has 2 rings (SSSR count). The summed E-state index contributed by atoms with van der Waals surface area (Å²) in [5.41, 5.74) is 1.25. The van der Waals surface area contributed by atoms with E-state index in [1.165, 1.54) is 23.7 Å². The first-order chi connectivity index (χ1) is 8.16. The highest BCUT2D eigenvalue weighted by Crippen LogP contribution is 2.19. The molecule has 1 atom stereocenters. The third kappa shape index (κ3) is 3.50. The van der Waals surface area contributed by atoms with Crippen LogP contribution in [0.2, 0.25) is 0 Å². The number of hydrogen-bond acceptors (Lipinski definition) is 4. The summed E-state index contributed by atoms with van der Waals surface area (Å²) in [6, 6.07) is 0.676. The first kappa shape index (κ1) is 13.0. The van der Waals surface area contributed by atoms with E-state index in [1.807, 2.05) is 11.3 Å². The van der Waals surface area contributed by atoms with Crippen LogP contribution in [0.15, 0.2) is 5.38 Å². The van der Waals surface area contributed by atoms with E-state index in [2.05, 4.69) is 36.5 Å². The van der Waals surface area contributed by atoms with Gasteiger partial charge in [-0.3, -0.25) is 0 Å². The van der Waals surface area contributed by atoms with Crippen molar-refractivity contribution in [2.75, 3.05) is 26.7 Å². The van der Waals surface area contributed by atoms with Crippen molar-refractivity contribution >= 4 is 11.3 Å². The van der Waals surface area contributed by atoms with Gasteiger partial charge in [0.25, 0.3) is 0 Å². The molecule has 0 radical (unpaired) electrons. The molecule has 3 nitrogen and oxygen atoms in total. The Hall–Kier alpha value is -0.450. The maximum Gasteiger partial charge on any atom is 0.0928 e. The van der Waals surface area contributed by atoms with E-state index in [-0.39, 0.29) is 0 Å². The highest BCUT2D eigenvalue weighted by Gasteiger charge is 2.18. The van der Waals surface area contributed by atoms with Crippen LogP contribution in [0.3, 0.4) is 0 Å². The standard InChI is InChI=1S/C13H23N3S/c1-10(2)12-9-17-13(15-12)5-4-11-8-14-6-7-16(11)3/h9-11,14H,4-8H2,1-3H3. The van der Waals surface area contributed by atoms with Crippen molar-refractivity contribution in [2.24, 2.45) is 0 Å². The Balaban J connectivity index is 1.84. The largest absolute Gasteiger partial charge is 0.314 e. The van der Waals surface area contributed by atoms with Gasteiger partial charge in [0.1, 0.15) is 0 Å². The van der Waals surface area contributed by atoms with Gasteiger partial charge >= 0.3 is 0 Å². The number of aromatic nitrogens is 1. The molecule has 1 fully saturated rings. The van der Waals surface area contributed by atoms with E-state index < -0.39 is 0 Å². The van der Waals surface area contributed by atoms with Gasteiger partial charge in [-0.05, 0) is 19.4 Å². The average Bonchev–Trinajstić information content (AvgIpc) is 2.77. The van der Waals surface area contributed by atoms with E-state index in [4.69, 9.17) is 4.98 Å². The van der Waals surface area contributed by atoms with Crippen LogP contribution in [0, 0.1) is 0 Å². The van der Waals surface area contributed by atoms with Crippen LogP contribution in [-0.2, 0) is 6.42 Å². The average molecular weight is 253 g/mol. The molecular formula is C13H23N3S. The minimum atomic E-state index is 0.555. The molecule has 2 heterocycles. The number of hydrogen-bond donors (Lipinski definition) is 1. The zero-order valence-corrected chi connectivity index (χ0v) is 11.9. The fourth-order valence-electron chi connectivity index (χ4n) is 2.18. The van der Waals surface area contributed by atoms with Crippen molar-refractivity contribution in [3.63, 3.8) is 0 Å². The summed E-state index contributed by atoms with van der Waals surface area (Å²) < 4.78 is 0. The lowest BCUT2D eigenvalue weighted by Crippen LogP contribution is -2.49. The monoisotopic (exact) mass is 253 g/mol. The Morgan fingerprint density at radius 2 is 2.41 bits per heavy atom. The summed E-state index contributed by atoms with van der Waals surface area (Å²) in [5.74, 6) is 0.555. The first-order valence-electron chi connectivity index (χ1n) is 6.52. The van der Waals surface area contributed by atoms with Crippen molar-refractivity contribution in [3.8, 4) is 0 Å². The third-order valence-corrected chi connectivity index (χ3v) is 4.42. The summed E-state index contributed by atoms with van der Waals surface area (Å²) in [6.07, 6.45) is 2.34. The Kier molecular flexibility index (Phi) is 4.54. The molecule has 1 N–H and O–H groups in total. The fraction of sp³-hybridized carbons (Fsp3) is 0.769. The maximum atomic E-state index is 4.70. The van der Waals surface area contributed by atoms with Gasteiger partial charge in [0.2, 0.25) is 0 Å². The van der Waals surface area contributed by atoms with E-state index >= 15 is 0 Å². The summed E-state index contributed by atoms with van der Waals surface area (Å²) in [4.78, 5) is 7.16. The van der Waals surface area contributed by atoms with E-state index in [9.17, 15) is 0 Å². The van der Waals surface area contributed by atoms with Crippen LogP contribution in [0.5, 0.6) is 0 Å². The van der Waals surface area contributed by atoms with Crippen LogP contribution in [0.25, 0.3) is 0 Å². The summed E-state index contributed by atoms with van der Waals surface area (Å²) in [6.45, 7) is 7.83. The number of thiazole rings is 1. The predicted molar refractivity (Wildman–Crippen MR) is 73.8 cm³/mol. The third-order valence-electron chi connectivity index (χ3n) is 3.50. The Bertz CT molecular complexity index is 348. The molecular weight excluding hydrogens is 230 g/mol. The molecule has 0 bridgehead atoms. The fourth-order valence-corrected chi connectivity index (χ4v) is 3.16. The predicted octanol–water partition coefficient (Wildman–Crippen LogP) is 2.10. The van der Waals surface area contributed by atoms with Crippen LogP contribution >= 0.6 is 11.3 Å². The minimum absolute atomic E-state index is 0.555. The van der Waals surface area contributed by atoms with Crippen LogP contribution in [-0.4, -0.2) is 42.6 Å². The minimum Gasteiger partial charge on any atom is -0.314 e. The zero-order chi connectivity index (χ0) is 12.3. The number of aryl methyl sites for hydroxylation is 1. The highest BCUT2D eigenvalue weighted by atomic mass is 32.1. The van der Waals surface area contributed by atoms with Crippen molar-refractivity contribution in [1.82, 2.24) is 15.2 Å². The Labute approximate surface area is 108 Å². The van der Waals surface area contributed by atoms with Gasteiger partial charge in [0, 0.05) is 37.5 Å². The highest BCUT2D eigenvalue weighted by molar-refractivity contribution is 7.09. The van der Waals surface area contributed by atoms with Gasteiger partial charge in [0.05, 0.1) is 10.7 Å². The van der Waals surface area contributed by atoms with Gasteiger partial charge in [0.15, 0.2) is 0 Å². The molecule has 1 aromatic heterocycles. The van der Waals surface area contributed by atoms with Crippen molar-refractivity contribution in [1.29, 1.82) is 0 Å². The lowest BCUT2D eigenvalue weighted by molar-refractivity contribution is 0.190. The smallest absolute Gasteiger partial charge is 0.0928 e. The summed E-state index contributed by atoms with van der Waals surface area (Å²) in [7, 11) is 2.23. The molecule has 4 heteroatoms. The number of nitrogens with zero attached hydrogens (tertiary/aromatic N) is 2. The van der Waals surface area contributed by atoms with E-state index in [1.54, 1.807) is 0 Å². The molecule has 1 saturated heterocycles. The maximum absolute atomic E-state index is 4.70. The van der Waals surface area contributed by atoms with Gasteiger partial charge in [-0.25, -0.2) is 4.98 Å². The van der Waals surface area contributed by atoms with Crippen LogP contribution in [0.4, 0.5) is 0 Å². The van der Waals surface area contributed by atoms with E-state index in [0.717, 1.165) is 19.5 Å². The summed E-state index contributed by atoms with van der Waals surface area (Å²) >= 11 is 1.82. The van der Waals surface area contributed by atoms with Crippen LogP contribution in [0.1, 0.15) is 36.9 Å². The second kappa shape index (κ2) is 5.94. The number of piperazine rings is 1. The Morgan fingerprint density at radius 1 is 1.59 bits per heavy atom. The van der Waals surface area contributed by atoms with Gasteiger partial charge in [-0.15, -0.1) is 11.3 Å². The topological polar surface area (TPSA) is 28.2 Å². The molecule has 1 aliphatic rings. The number of rotatable bonds is 4.